The molecule has 6 heteroatoms. The van der Waals surface area contributed by atoms with E-state index < -0.39 is 17.5 Å². The van der Waals surface area contributed by atoms with Crippen LogP contribution in [-0.2, 0) is 32.1 Å². The second-order valence-electron chi connectivity index (χ2n) is 6.05. The molecule has 0 aliphatic rings. The summed E-state index contributed by atoms with van der Waals surface area (Å²) < 4.78 is 10.5. The molecule has 0 aliphatic heterocycles. The van der Waals surface area contributed by atoms with E-state index in [-0.39, 0.29) is 19.6 Å². The molecule has 0 saturated heterocycles. The van der Waals surface area contributed by atoms with Gasteiger partial charge in [0.1, 0.15) is 12.2 Å². The number of hydrogen-bond acceptors (Lipinski definition) is 5. The second kappa shape index (κ2) is 7.65. The van der Waals surface area contributed by atoms with Gasteiger partial charge in [0.25, 0.3) is 0 Å². The number of carboxylic acid groups (broad SMARTS) is 1. The molecule has 0 spiro atoms. The minimum absolute atomic E-state index is 0.0701. The van der Waals surface area contributed by atoms with Crippen molar-refractivity contribution < 1.29 is 24.2 Å². The van der Waals surface area contributed by atoms with Gasteiger partial charge >= 0.3 is 11.9 Å². The van der Waals surface area contributed by atoms with E-state index in [4.69, 9.17) is 14.6 Å². The number of benzene rings is 1. The van der Waals surface area contributed by atoms with Gasteiger partial charge in [0.15, 0.2) is 0 Å². The zero-order chi connectivity index (χ0) is 16.9. The third-order valence-corrected chi connectivity index (χ3v) is 3.26. The van der Waals surface area contributed by atoms with Crippen molar-refractivity contribution in [2.24, 2.45) is 0 Å². The van der Waals surface area contributed by atoms with Crippen molar-refractivity contribution in [3.05, 3.63) is 28.8 Å². The average molecular weight is 326 g/mol. The molecule has 0 aliphatic carbocycles. The van der Waals surface area contributed by atoms with Crippen LogP contribution in [0.25, 0.3) is 0 Å². The summed E-state index contributed by atoms with van der Waals surface area (Å²) in [7, 11) is 0. The summed E-state index contributed by atoms with van der Waals surface area (Å²) >= 11 is 4.34. The standard InChI is InChI=1S/C16H22O5S/c1-10-12(7-14(17)18)5-11(6-13(10)22)8-20-9-15(19)21-16(2,3)4/h5-6,22H,7-9H2,1-4H3,(H,17,18). The predicted molar refractivity (Wildman–Crippen MR) is 85.3 cm³/mol. The van der Waals surface area contributed by atoms with Gasteiger partial charge in [0.2, 0.25) is 0 Å². The van der Waals surface area contributed by atoms with Crippen LogP contribution >= 0.6 is 12.6 Å². The maximum absolute atomic E-state index is 11.5. The summed E-state index contributed by atoms with van der Waals surface area (Å²) in [6, 6.07) is 3.57. The van der Waals surface area contributed by atoms with Crippen molar-refractivity contribution in [2.75, 3.05) is 6.61 Å². The fourth-order valence-corrected chi connectivity index (χ4v) is 2.18. The lowest BCUT2D eigenvalue weighted by molar-refractivity contribution is -0.160. The van der Waals surface area contributed by atoms with Gasteiger partial charge in [-0.05, 0) is 50.5 Å². The highest BCUT2D eigenvalue weighted by Gasteiger charge is 2.16. The Balaban J connectivity index is 2.65. The number of hydrogen-bond donors (Lipinski definition) is 2. The van der Waals surface area contributed by atoms with Gasteiger partial charge in [-0.2, -0.15) is 0 Å². The minimum Gasteiger partial charge on any atom is -0.481 e. The second-order valence-corrected chi connectivity index (χ2v) is 6.53. The quantitative estimate of drug-likeness (QED) is 0.621. The largest absolute Gasteiger partial charge is 0.481 e. The maximum atomic E-state index is 11.5. The van der Waals surface area contributed by atoms with Gasteiger partial charge in [-0.25, -0.2) is 4.79 Å². The lowest BCUT2D eigenvalue weighted by atomic mass is 10.0. The Morgan fingerprint density at radius 1 is 1.27 bits per heavy atom. The van der Waals surface area contributed by atoms with Gasteiger partial charge in [-0.15, -0.1) is 12.6 Å². The molecule has 1 aromatic carbocycles. The van der Waals surface area contributed by atoms with Crippen LogP contribution < -0.4 is 0 Å². The minimum atomic E-state index is -0.900. The molecule has 0 unspecified atom stereocenters. The number of esters is 1. The van der Waals surface area contributed by atoms with Crippen LogP contribution in [0.4, 0.5) is 0 Å². The molecule has 22 heavy (non-hydrogen) atoms. The smallest absolute Gasteiger partial charge is 0.332 e. The first-order chi connectivity index (χ1) is 10.1. The number of aliphatic carboxylic acids is 1. The summed E-state index contributed by atoms with van der Waals surface area (Å²) in [5.41, 5.74) is 1.75. The Morgan fingerprint density at radius 3 is 2.45 bits per heavy atom. The van der Waals surface area contributed by atoms with E-state index in [1.807, 2.05) is 6.92 Å². The molecule has 5 nitrogen and oxygen atoms in total. The van der Waals surface area contributed by atoms with Crippen molar-refractivity contribution in [3.8, 4) is 0 Å². The highest BCUT2D eigenvalue weighted by molar-refractivity contribution is 7.80. The van der Waals surface area contributed by atoms with Gasteiger partial charge in [-0.3, -0.25) is 4.79 Å². The third kappa shape index (κ3) is 6.49. The highest BCUT2D eigenvalue weighted by Crippen LogP contribution is 2.21. The summed E-state index contributed by atoms with van der Waals surface area (Å²) in [5, 5.41) is 8.91. The zero-order valence-electron chi connectivity index (χ0n) is 13.3. The number of carbonyl (C=O) groups excluding carboxylic acids is 1. The molecule has 1 N–H and O–H groups in total. The Bertz CT molecular complexity index is 560. The molecule has 0 fully saturated rings. The van der Waals surface area contributed by atoms with Crippen molar-refractivity contribution >= 4 is 24.6 Å². The molecule has 0 atom stereocenters. The van der Waals surface area contributed by atoms with E-state index >= 15 is 0 Å². The molecular formula is C16H22O5S. The molecule has 122 valence electrons. The average Bonchev–Trinajstić information content (AvgIpc) is 2.32. The number of thiol groups is 1. The van der Waals surface area contributed by atoms with E-state index in [0.717, 1.165) is 11.1 Å². The SMILES string of the molecule is Cc1c(S)cc(COCC(=O)OC(C)(C)C)cc1CC(=O)O. The maximum Gasteiger partial charge on any atom is 0.332 e. The molecule has 0 radical (unpaired) electrons. The molecule has 0 aromatic heterocycles. The van der Waals surface area contributed by atoms with Gasteiger partial charge in [-0.1, -0.05) is 6.07 Å². The lowest BCUT2D eigenvalue weighted by Gasteiger charge is -2.19. The molecule has 1 aromatic rings. The summed E-state index contributed by atoms with van der Waals surface area (Å²) in [6.07, 6.45) is -0.0701. The van der Waals surface area contributed by atoms with Gasteiger partial charge in [0, 0.05) is 4.90 Å². The first kappa shape index (κ1) is 18.5. The van der Waals surface area contributed by atoms with Crippen molar-refractivity contribution in [1.82, 2.24) is 0 Å². The van der Waals surface area contributed by atoms with E-state index in [9.17, 15) is 9.59 Å². The number of carboxylic acids is 1. The monoisotopic (exact) mass is 326 g/mol. The Kier molecular flexibility index (Phi) is 6.44. The Hall–Kier alpha value is -1.53. The van der Waals surface area contributed by atoms with E-state index in [2.05, 4.69) is 12.6 Å². The normalized spacial score (nSPS) is 11.3. The van der Waals surface area contributed by atoms with Gasteiger partial charge in [0.05, 0.1) is 13.0 Å². The van der Waals surface area contributed by atoms with Crippen LogP contribution in [0.2, 0.25) is 0 Å². The predicted octanol–water partition coefficient (Wildman–Crippen LogP) is 2.77. The van der Waals surface area contributed by atoms with Crippen molar-refractivity contribution in [3.63, 3.8) is 0 Å². The van der Waals surface area contributed by atoms with E-state index in [0.29, 0.717) is 10.5 Å². The number of rotatable bonds is 6. The van der Waals surface area contributed by atoms with Crippen LogP contribution in [0.3, 0.4) is 0 Å². The Labute approximate surface area is 136 Å². The topological polar surface area (TPSA) is 72.8 Å². The highest BCUT2D eigenvalue weighted by atomic mass is 32.1. The molecule has 0 bridgehead atoms. The van der Waals surface area contributed by atoms with Crippen LogP contribution in [0.1, 0.15) is 37.5 Å². The molecule has 0 heterocycles. The van der Waals surface area contributed by atoms with Crippen molar-refractivity contribution in [1.29, 1.82) is 0 Å². The fourth-order valence-electron chi connectivity index (χ4n) is 1.88. The first-order valence-corrected chi connectivity index (χ1v) is 7.36. The summed E-state index contributed by atoms with van der Waals surface area (Å²) in [5.74, 6) is -1.33. The molecular weight excluding hydrogens is 304 g/mol. The van der Waals surface area contributed by atoms with Crippen LogP contribution in [0.5, 0.6) is 0 Å². The molecule has 0 saturated carbocycles. The van der Waals surface area contributed by atoms with Gasteiger partial charge < -0.3 is 14.6 Å². The third-order valence-electron chi connectivity index (χ3n) is 2.80. The molecule has 1 rings (SSSR count). The number of carbonyl (C=O) groups is 2. The zero-order valence-corrected chi connectivity index (χ0v) is 14.2. The Morgan fingerprint density at radius 2 is 1.91 bits per heavy atom. The van der Waals surface area contributed by atoms with Crippen LogP contribution in [0.15, 0.2) is 17.0 Å². The lowest BCUT2D eigenvalue weighted by Crippen LogP contribution is -2.26. The van der Waals surface area contributed by atoms with E-state index in [1.54, 1.807) is 32.9 Å². The first-order valence-electron chi connectivity index (χ1n) is 6.91. The molecule has 0 amide bonds. The van der Waals surface area contributed by atoms with Crippen molar-refractivity contribution in [2.45, 2.75) is 51.2 Å². The fraction of sp³-hybridized carbons (Fsp3) is 0.500. The summed E-state index contributed by atoms with van der Waals surface area (Å²) in [6.45, 7) is 7.23. The van der Waals surface area contributed by atoms with Crippen LogP contribution in [-0.4, -0.2) is 29.3 Å². The van der Waals surface area contributed by atoms with Crippen LogP contribution in [0, 0.1) is 6.92 Å². The number of ether oxygens (including phenoxy) is 2. The van der Waals surface area contributed by atoms with E-state index in [1.165, 1.54) is 0 Å². The summed E-state index contributed by atoms with van der Waals surface area (Å²) in [4.78, 5) is 23.1.